The third-order valence-electron chi connectivity index (χ3n) is 4.58. The van der Waals surface area contributed by atoms with E-state index < -0.39 is 0 Å². The highest BCUT2D eigenvalue weighted by Crippen LogP contribution is 2.22. The number of amides is 1. The lowest BCUT2D eigenvalue weighted by Crippen LogP contribution is -2.50. The zero-order chi connectivity index (χ0) is 19.9. The van der Waals surface area contributed by atoms with Gasteiger partial charge in [-0.05, 0) is 19.8 Å². The smallest absolute Gasteiger partial charge is 0.233 e. The average molecular weight is 506 g/mol. The number of aromatic nitrogens is 1. The molecule has 0 aromatic carbocycles. The highest BCUT2D eigenvalue weighted by Gasteiger charge is 2.22. The lowest BCUT2D eigenvalue weighted by molar-refractivity contribution is -0.122. The van der Waals surface area contributed by atoms with Gasteiger partial charge in [-0.3, -0.25) is 9.69 Å². The van der Waals surface area contributed by atoms with Crippen molar-refractivity contribution in [2.45, 2.75) is 58.5 Å². The molecule has 3 N–H and O–H groups in total. The standard InChI is InChI=1S/C19H34N6O2.HI/c1-6-21-18(23-12-17-22-11-15(27-17)19(2,3)4)24-14-7-9-25(10-8-14)13-16(26)20-5;/h11,14H,6-10,12-13H2,1-5H3,(H,20,26)(H2,21,23,24);1H. The second-order valence-electron chi connectivity index (χ2n) is 7.93. The van der Waals surface area contributed by atoms with E-state index in [1.807, 2.05) is 6.92 Å². The minimum Gasteiger partial charge on any atom is -0.443 e. The van der Waals surface area contributed by atoms with Gasteiger partial charge < -0.3 is 20.4 Å². The Kier molecular flexibility index (Phi) is 10.2. The fourth-order valence-electron chi connectivity index (χ4n) is 2.91. The van der Waals surface area contributed by atoms with Crippen LogP contribution in [-0.4, -0.2) is 61.0 Å². The number of likely N-dealkylation sites (N-methyl/N-ethyl adjacent to an activating group) is 1. The van der Waals surface area contributed by atoms with Crippen LogP contribution in [0.25, 0.3) is 0 Å². The number of halogens is 1. The third-order valence-corrected chi connectivity index (χ3v) is 4.58. The van der Waals surface area contributed by atoms with E-state index >= 15 is 0 Å². The molecule has 1 amide bonds. The number of carbonyl (C=O) groups excluding carboxylic acids is 1. The van der Waals surface area contributed by atoms with E-state index in [2.05, 4.69) is 51.6 Å². The summed E-state index contributed by atoms with van der Waals surface area (Å²) < 4.78 is 5.81. The number of hydrogen-bond acceptors (Lipinski definition) is 5. The Bertz CT molecular complexity index is 633. The molecular weight excluding hydrogens is 471 g/mol. The van der Waals surface area contributed by atoms with Gasteiger partial charge in [0.2, 0.25) is 11.8 Å². The Hall–Kier alpha value is -1.36. The van der Waals surface area contributed by atoms with Crippen LogP contribution in [0.15, 0.2) is 15.6 Å². The first kappa shape index (κ1) is 24.7. The summed E-state index contributed by atoms with van der Waals surface area (Å²) in [5.41, 5.74) is -0.0552. The minimum atomic E-state index is -0.0552. The molecule has 28 heavy (non-hydrogen) atoms. The molecule has 0 saturated carbocycles. The summed E-state index contributed by atoms with van der Waals surface area (Å²) in [6.45, 7) is 11.8. The number of likely N-dealkylation sites (tertiary alicyclic amines) is 1. The van der Waals surface area contributed by atoms with Crippen LogP contribution in [0.1, 0.15) is 52.2 Å². The summed E-state index contributed by atoms with van der Waals surface area (Å²) in [5.74, 6) is 2.33. The van der Waals surface area contributed by atoms with Gasteiger partial charge in [0.25, 0.3) is 0 Å². The van der Waals surface area contributed by atoms with Gasteiger partial charge in [0.15, 0.2) is 5.96 Å². The van der Waals surface area contributed by atoms with E-state index in [-0.39, 0.29) is 35.3 Å². The van der Waals surface area contributed by atoms with E-state index in [1.54, 1.807) is 13.2 Å². The second kappa shape index (κ2) is 11.6. The number of piperidine rings is 1. The van der Waals surface area contributed by atoms with Gasteiger partial charge >= 0.3 is 0 Å². The second-order valence-corrected chi connectivity index (χ2v) is 7.93. The number of oxazole rings is 1. The van der Waals surface area contributed by atoms with Gasteiger partial charge in [0.1, 0.15) is 12.3 Å². The van der Waals surface area contributed by atoms with E-state index in [0.29, 0.717) is 25.0 Å². The van der Waals surface area contributed by atoms with Crippen molar-refractivity contribution in [1.29, 1.82) is 0 Å². The Morgan fingerprint density at radius 1 is 1.36 bits per heavy atom. The molecule has 0 spiro atoms. The number of carbonyl (C=O) groups is 1. The molecule has 2 heterocycles. The first-order valence-corrected chi connectivity index (χ1v) is 9.74. The number of rotatable bonds is 6. The Morgan fingerprint density at radius 3 is 2.57 bits per heavy atom. The van der Waals surface area contributed by atoms with Crippen LogP contribution in [0.3, 0.4) is 0 Å². The van der Waals surface area contributed by atoms with Gasteiger partial charge in [0.05, 0.1) is 12.7 Å². The number of guanidine groups is 1. The van der Waals surface area contributed by atoms with E-state index in [9.17, 15) is 4.79 Å². The molecule has 160 valence electrons. The summed E-state index contributed by atoms with van der Waals surface area (Å²) in [6.07, 6.45) is 3.75. The molecule has 2 rings (SSSR count). The normalized spacial score (nSPS) is 16.4. The zero-order valence-electron chi connectivity index (χ0n) is 17.7. The lowest BCUT2D eigenvalue weighted by Gasteiger charge is -2.32. The van der Waals surface area contributed by atoms with Crippen molar-refractivity contribution < 1.29 is 9.21 Å². The maximum absolute atomic E-state index is 11.5. The number of nitrogens with one attached hydrogen (secondary N) is 3. The minimum absolute atomic E-state index is 0. The molecule has 1 fully saturated rings. The Balaban J connectivity index is 0.00000392. The fourth-order valence-corrected chi connectivity index (χ4v) is 2.91. The van der Waals surface area contributed by atoms with Crippen LogP contribution in [0.5, 0.6) is 0 Å². The van der Waals surface area contributed by atoms with Crippen LogP contribution in [0, 0.1) is 0 Å². The van der Waals surface area contributed by atoms with Crippen molar-refractivity contribution in [3.8, 4) is 0 Å². The van der Waals surface area contributed by atoms with Crippen molar-refractivity contribution in [2.75, 3.05) is 33.2 Å². The maximum Gasteiger partial charge on any atom is 0.233 e. The summed E-state index contributed by atoms with van der Waals surface area (Å²) in [7, 11) is 1.67. The fraction of sp³-hybridized carbons (Fsp3) is 0.737. The topological polar surface area (TPSA) is 94.8 Å². The highest BCUT2D eigenvalue weighted by molar-refractivity contribution is 14.0. The molecule has 1 aromatic heterocycles. The molecule has 0 bridgehead atoms. The molecule has 0 radical (unpaired) electrons. The van der Waals surface area contributed by atoms with Gasteiger partial charge in [-0.1, -0.05) is 20.8 Å². The lowest BCUT2D eigenvalue weighted by atomic mass is 9.94. The van der Waals surface area contributed by atoms with Crippen molar-refractivity contribution in [2.24, 2.45) is 4.99 Å². The third kappa shape index (κ3) is 7.94. The summed E-state index contributed by atoms with van der Waals surface area (Å²) in [4.78, 5) is 22.6. The van der Waals surface area contributed by atoms with Gasteiger partial charge in [-0.25, -0.2) is 9.98 Å². The molecule has 1 aliphatic rings. The number of hydrogen-bond donors (Lipinski definition) is 3. The molecule has 9 heteroatoms. The van der Waals surface area contributed by atoms with Gasteiger partial charge in [-0.15, -0.1) is 24.0 Å². The van der Waals surface area contributed by atoms with Gasteiger partial charge in [-0.2, -0.15) is 0 Å². The van der Waals surface area contributed by atoms with E-state index in [1.165, 1.54) is 0 Å². The largest absolute Gasteiger partial charge is 0.443 e. The quantitative estimate of drug-likeness (QED) is 0.310. The maximum atomic E-state index is 11.5. The molecular formula is C19H35IN6O2. The van der Waals surface area contributed by atoms with E-state index in [0.717, 1.165) is 44.2 Å². The van der Waals surface area contributed by atoms with Crippen LogP contribution >= 0.6 is 24.0 Å². The summed E-state index contributed by atoms with van der Waals surface area (Å²) in [5, 5.41) is 9.45. The van der Waals surface area contributed by atoms with Crippen molar-refractivity contribution in [3.05, 3.63) is 17.8 Å². The van der Waals surface area contributed by atoms with Crippen molar-refractivity contribution in [1.82, 2.24) is 25.8 Å². The zero-order valence-corrected chi connectivity index (χ0v) is 20.0. The molecule has 0 unspecified atom stereocenters. The van der Waals surface area contributed by atoms with Crippen LogP contribution in [0.4, 0.5) is 0 Å². The first-order chi connectivity index (χ1) is 12.8. The SMILES string of the molecule is CCNC(=NCc1ncc(C(C)(C)C)o1)NC1CCN(CC(=O)NC)CC1.I. The van der Waals surface area contributed by atoms with Gasteiger partial charge in [0, 0.05) is 38.1 Å². The predicted octanol–water partition coefficient (Wildman–Crippen LogP) is 1.86. The Morgan fingerprint density at radius 2 is 2.04 bits per heavy atom. The molecule has 8 nitrogen and oxygen atoms in total. The van der Waals surface area contributed by atoms with Crippen LogP contribution < -0.4 is 16.0 Å². The van der Waals surface area contributed by atoms with Crippen LogP contribution in [-0.2, 0) is 16.8 Å². The first-order valence-electron chi connectivity index (χ1n) is 9.74. The van der Waals surface area contributed by atoms with E-state index in [4.69, 9.17) is 4.42 Å². The molecule has 1 aromatic rings. The van der Waals surface area contributed by atoms with Crippen molar-refractivity contribution >= 4 is 35.8 Å². The Labute approximate surface area is 185 Å². The van der Waals surface area contributed by atoms with Crippen molar-refractivity contribution in [3.63, 3.8) is 0 Å². The molecule has 1 saturated heterocycles. The summed E-state index contributed by atoms with van der Waals surface area (Å²) >= 11 is 0. The molecule has 1 aliphatic heterocycles. The number of nitrogens with zero attached hydrogens (tertiary/aromatic N) is 3. The number of aliphatic imine (C=N–C) groups is 1. The summed E-state index contributed by atoms with van der Waals surface area (Å²) in [6, 6.07) is 0.346. The monoisotopic (exact) mass is 506 g/mol. The average Bonchev–Trinajstić information content (AvgIpc) is 3.11. The predicted molar refractivity (Wildman–Crippen MR) is 122 cm³/mol. The molecule has 0 atom stereocenters. The molecule has 0 aliphatic carbocycles. The van der Waals surface area contributed by atoms with Crippen LogP contribution in [0.2, 0.25) is 0 Å². The highest BCUT2D eigenvalue weighted by atomic mass is 127.